The van der Waals surface area contributed by atoms with Crippen molar-refractivity contribution in [3.63, 3.8) is 0 Å². The highest BCUT2D eigenvalue weighted by Gasteiger charge is 2.07. The summed E-state index contributed by atoms with van der Waals surface area (Å²) in [5.41, 5.74) is 2.71. The Kier molecular flexibility index (Phi) is 5.22. The Morgan fingerprint density at radius 2 is 1.81 bits per heavy atom. The number of carbonyl (C=O) groups is 1. The summed E-state index contributed by atoms with van der Waals surface area (Å²) in [7, 11) is 0. The Morgan fingerprint density at radius 3 is 2.46 bits per heavy atom. The summed E-state index contributed by atoms with van der Waals surface area (Å²) in [4.78, 5) is 16.2. The molecule has 1 aromatic heterocycles. The molecule has 0 spiro atoms. The van der Waals surface area contributed by atoms with E-state index in [0.29, 0.717) is 11.5 Å². The number of benzene rings is 2. The van der Waals surface area contributed by atoms with Crippen molar-refractivity contribution in [3.8, 4) is 0 Å². The first-order chi connectivity index (χ1) is 12.5. The fourth-order valence-electron chi connectivity index (χ4n) is 2.37. The summed E-state index contributed by atoms with van der Waals surface area (Å²) in [5.74, 6) is -1.11. The summed E-state index contributed by atoms with van der Waals surface area (Å²) in [6, 6.07) is 14.3. The zero-order valence-corrected chi connectivity index (χ0v) is 14.1. The molecule has 3 rings (SSSR count). The first-order valence-corrected chi connectivity index (χ1v) is 8.03. The number of hydrogen-bond donors (Lipinski definition) is 2. The molecule has 3 aromatic rings. The molecular formula is C20H17F2N3O. The van der Waals surface area contributed by atoms with Crippen molar-refractivity contribution in [2.24, 2.45) is 0 Å². The first kappa shape index (κ1) is 17.5. The fraction of sp³-hybridized carbons (Fsp3) is 0.100. The molecule has 0 saturated heterocycles. The number of aromatic nitrogens is 1. The maximum Gasteiger partial charge on any atom is 0.229 e. The summed E-state index contributed by atoms with van der Waals surface area (Å²) in [5, 5.41) is 5.52. The van der Waals surface area contributed by atoms with Crippen LogP contribution >= 0.6 is 0 Å². The summed E-state index contributed by atoms with van der Waals surface area (Å²) < 4.78 is 26.6. The predicted octanol–water partition coefficient (Wildman–Crippen LogP) is 4.59. The second kappa shape index (κ2) is 7.74. The van der Waals surface area contributed by atoms with Crippen LogP contribution in [0, 0.1) is 18.6 Å². The second-order valence-electron chi connectivity index (χ2n) is 5.89. The highest BCUT2D eigenvalue weighted by Crippen LogP contribution is 2.21. The van der Waals surface area contributed by atoms with Crippen molar-refractivity contribution >= 4 is 23.1 Å². The molecule has 2 N–H and O–H groups in total. The van der Waals surface area contributed by atoms with Gasteiger partial charge in [0, 0.05) is 6.07 Å². The Hall–Kier alpha value is -3.28. The number of anilines is 3. The van der Waals surface area contributed by atoms with E-state index in [1.54, 1.807) is 12.1 Å². The molecule has 6 heteroatoms. The van der Waals surface area contributed by atoms with Gasteiger partial charge in [0.2, 0.25) is 5.91 Å². The average molecular weight is 353 g/mol. The molecule has 0 unspecified atom stereocenters. The molecule has 0 radical (unpaired) electrons. The molecule has 0 aliphatic heterocycles. The van der Waals surface area contributed by atoms with Gasteiger partial charge in [0.25, 0.3) is 0 Å². The maximum atomic E-state index is 13.6. The molecule has 0 saturated carbocycles. The van der Waals surface area contributed by atoms with E-state index in [4.69, 9.17) is 0 Å². The van der Waals surface area contributed by atoms with Gasteiger partial charge in [-0.2, -0.15) is 0 Å². The van der Waals surface area contributed by atoms with Gasteiger partial charge in [-0.25, -0.2) is 13.8 Å². The van der Waals surface area contributed by atoms with Crippen molar-refractivity contribution in [3.05, 3.63) is 83.6 Å². The van der Waals surface area contributed by atoms with E-state index in [1.165, 1.54) is 18.3 Å². The Morgan fingerprint density at radius 1 is 1.04 bits per heavy atom. The number of rotatable bonds is 5. The summed E-state index contributed by atoms with van der Waals surface area (Å²) in [6.07, 6.45) is 1.72. The van der Waals surface area contributed by atoms with Crippen LogP contribution in [0.4, 0.5) is 26.0 Å². The van der Waals surface area contributed by atoms with Crippen LogP contribution in [0.25, 0.3) is 0 Å². The molecule has 4 nitrogen and oxygen atoms in total. The maximum absolute atomic E-state index is 13.6. The molecule has 0 aliphatic rings. The SMILES string of the molecule is Cc1ccc(CC(=O)Nc2ccc(Nc3ccc(F)cc3F)cn2)cc1. The smallest absolute Gasteiger partial charge is 0.229 e. The monoisotopic (exact) mass is 353 g/mol. The van der Waals surface area contributed by atoms with Gasteiger partial charge in [-0.3, -0.25) is 4.79 Å². The van der Waals surface area contributed by atoms with Gasteiger partial charge in [-0.05, 0) is 36.8 Å². The molecule has 1 heterocycles. The Bertz CT molecular complexity index is 909. The second-order valence-corrected chi connectivity index (χ2v) is 5.89. The van der Waals surface area contributed by atoms with Gasteiger partial charge in [0.1, 0.15) is 17.5 Å². The van der Waals surface area contributed by atoms with E-state index in [-0.39, 0.29) is 18.0 Å². The van der Waals surface area contributed by atoms with E-state index >= 15 is 0 Å². The molecule has 26 heavy (non-hydrogen) atoms. The van der Waals surface area contributed by atoms with Gasteiger partial charge in [-0.1, -0.05) is 29.8 Å². The minimum absolute atomic E-state index is 0.143. The molecular weight excluding hydrogens is 336 g/mol. The van der Waals surface area contributed by atoms with Gasteiger partial charge in [0.15, 0.2) is 0 Å². The average Bonchev–Trinajstić information content (AvgIpc) is 2.61. The van der Waals surface area contributed by atoms with Crippen molar-refractivity contribution in [2.45, 2.75) is 13.3 Å². The van der Waals surface area contributed by atoms with Gasteiger partial charge in [0.05, 0.1) is 24.0 Å². The minimum Gasteiger partial charge on any atom is -0.352 e. The highest BCUT2D eigenvalue weighted by molar-refractivity contribution is 5.91. The highest BCUT2D eigenvalue weighted by atomic mass is 19.1. The first-order valence-electron chi connectivity index (χ1n) is 8.03. The number of halogens is 2. The van der Waals surface area contributed by atoms with Crippen molar-refractivity contribution in [1.29, 1.82) is 0 Å². The van der Waals surface area contributed by atoms with Crippen LogP contribution in [0.5, 0.6) is 0 Å². The lowest BCUT2D eigenvalue weighted by atomic mass is 10.1. The van der Waals surface area contributed by atoms with E-state index in [0.717, 1.165) is 17.2 Å². The zero-order chi connectivity index (χ0) is 18.5. The normalized spacial score (nSPS) is 10.4. The fourth-order valence-corrected chi connectivity index (χ4v) is 2.37. The molecule has 2 aromatic carbocycles. The van der Waals surface area contributed by atoms with Crippen molar-refractivity contribution in [1.82, 2.24) is 4.98 Å². The Balaban J connectivity index is 1.60. The molecule has 132 valence electrons. The number of nitrogens with zero attached hydrogens (tertiary/aromatic N) is 1. The third kappa shape index (κ3) is 4.63. The van der Waals surface area contributed by atoms with E-state index in [9.17, 15) is 13.6 Å². The molecule has 0 fully saturated rings. The summed E-state index contributed by atoms with van der Waals surface area (Å²) >= 11 is 0. The van der Waals surface area contributed by atoms with E-state index < -0.39 is 11.6 Å². The number of pyridine rings is 1. The minimum atomic E-state index is -0.694. The van der Waals surface area contributed by atoms with Gasteiger partial charge < -0.3 is 10.6 Å². The van der Waals surface area contributed by atoms with Crippen LogP contribution in [0.2, 0.25) is 0 Å². The quantitative estimate of drug-likeness (QED) is 0.705. The Labute approximate surface area is 149 Å². The number of carbonyl (C=O) groups excluding carboxylic acids is 1. The summed E-state index contributed by atoms with van der Waals surface area (Å²) in [6.45, 7) is 1.99. The van der Waals surface area contributed by atoms with E-state index in [2.05, 4.69) is 15.6 Å². The number of aryl methyl sites for hydroxylation is 1. The standard InChI is InChI=1S/C20H17F2N3O/c1-13-2-4-14(5-3-13)10-20(26)25-19-9-7-16(12-23-19)24-18-8-6-15(21)11-17(18)22/h2-9,11-12,24H,10H2,1H3,(H,23,25,26). The lowest BCUT2D eigenvalue weighted by Crippen LogP contribution is -2.15. The number of hydrogen-bond acceptors (Lipinski definition) is 3. The van der Waals surface area contributed by atoms with Crippen molar-refractivity contribution in [2.75, 3.05) is 10.6 Å². The lowest BCUT2D eigenvalue weighted by molar-refractivity contribution is -0.115. The number of amides is 1. The molecule has 0 atom stereocenters. The lowest BCUT2D eigenvalue weighted by Gasteiger charge is -2.09. The van der Waals surface area contributed by atoms with Crippen LogP contribution in [0.15, 0.2) is 60.8 Å². The molecule has 1 amide bonds. The topological polar surface area (TPSA) is 54.0 Å². The largest absolute Gasteiger partial charge is 0.352 e. The molecule has 0 bridgehead atoms. The third-order valence-electron chi connectivity index (χ3n) is 3.73. The predicted molar refractivity (Wildman–Crippen MR) is 97.4 cm³/mol. The van der Waals surface area contributed by atoms with Gasteiger partial charge in [-0.15, -0.1) is 0 Å². The number of nitrogens with one attached hydrogen (secondary N) is 2. The van der Waals surface area contributed by atoms with E-state index in [1.807, 2.05) is 31.2 Å². The molecule has 0 aliphatic carbocycles. The van der Waals surface area contributed by atoms with Crippen molar-refractivity contribution < 1.29 is 13.6 Å². The van der Waals surface area contributed by atoms with Crippen LogP contribution in [0.3, 0.4) is 0 Å². The van der Waals surface area contributed by atoms with Crippen LogP contribution < -0.4 is 10.6 Å². The van der Waals surface area contributed by atoms with Gasteiger partial charge >= 0.3 is 0 Å². The van der Waals surface area contributed by atoms with Crippen LogP contribution in [0.1, 0.15) is 11.1 Å². The van der Waals surface area contributed by atoms with Crippen LogP contribution in [-0.2, 0) is 11.2 Å². The van der Waals surface area contributed by atoms with Crippen LogP contribution in [-0.4, -0.2) is 10.9 Å². The zero-order valence-electron chi connectivity index (χ0n) is 14.1. The third-order valence-corrected chi connectivity index (χ3v) is 3.73.